The highest BCUT2D eigenvalue weighted by Gasteiger charge is 2.31. The molecule has 0 spiro atoms. The van der Waals surface area contributed by atoms with Gasteiger partial charge in [0.2, 0.25) is 0 Å². The zero-order valence-corrected chi connectivity index (χ0v) is 22.8. The summed E-state index contributed by atoms with van der Waals surface area (Å²) in [5.41, 5.74) is 9.17. The Labute approximate surface area is 231 Å². The maximum atomic E-state index is 13.6. The van der Waals surface area contributed by atoms with E-state index in [0.29, 0.717) is 17.9 Å². The van der Waals surface area contributed by atoms with Gasteiger partial charge in [-0.05, 0) is 75.7 Å². The van der Waals surface area contributed by atoms with Crippen LogP contribution in [0.2, 0.25) is 0 Å². The Kier molecular flexibility index (Phi) is 8.70. The van der Waals surface area contributed by atoms with Crippen LogP contribution in [-0.4, -0.2) is 46.8 Å². The third-order valence-electron chi connectivity index (χ3n) is 7.05. The number of amides is 1. The number of nitrogens with zero attached hydrogens (tertiary/aromatic N) is 4. The van der Waals surface area contributed by atoms with Gasteiger partial charge in [-0.3, -0.25) is 14.5 Å². The van der Waals surface area contributed by atoms with E-state index in [1.807, 2.05) is 13.8 Å². The summed E-state index contributed by atoms with van der Waals surface area (Å²) < 4.78 is 42.6. The number of hydrogen-bond acceptors (Lipinski definition) is 7. The predicted molar refractivity (Wildman–Crippen MR) is 152 cm³/mol. The molecule has 1 amide bonds. The lowest BCUT2D eigenvalue weighted by atomic mass is 10.1. The number of likely N-dealkylation sites (tertiary alicyclic amines) is 1. The zero-order chi connectivity index (χ0) is 29.0. The minimum atomic E-state index is -4.57. The lowest BCUT2D eigenvalue weighted by Gasteiger charge is -2.19. The standard InChI is InChI=1S/C28H35F3N8O/c1-18-6-7-20(12-26(18)39(33)17-25(32)24-16-35-37(3)19(24)2)27(40)36-23-14-21(28(29,30)31)13-22(15-23)34-8-11-38-9-4-5-10-38/h6-7,12-17,34H,4-5,8-11,32-33H2,1-3H3,(H,36,40)/b25-17-. The number of aryl methyl sites for hydroxylation is 2. The van der Waals surface area contributed by atoms with E-state index in [4.69, 9.17) is 11.6 Å². The van der Waals surface area contributed by atoms with E-state index in [1.165, 1.54) is 17.3 Å². The molecular formula is C28H35F3N8O. The number of hydrogen-bond donors (Lipinski definition) is 4. The van der Waals surface area contributed by atoms with E-state index >= 15 is 0 Å². The molecule has 40 heavy (non-hydrogen) atoms. The van der Waals surface area contributed by atoms with Crippen LogP contribution in [-0.2, 0) is 13.2 Å². The zero-order valence-electron chi connectivity index (χ0n) is 22.8. The Balaban J connectivity index is 1.52. The number of carbonyl (C=O) groups is 1. The maximum Gasteiger partial charge on any atom is 0.416 e. The van der Waals surface area contributed by atoms with Crippen molar-refractivity contribution >= 4 is 28.7 Å². The van der Waals surface area contributed by atoms with E-state index in [1.54, 1.807) is 36.1 Å². The van der Waals surface area contributed by atoms with Gasteiger partial charge in [-0.1, -0.05) is 6.07 Å². The number of hydrazine groups is 1. The molecule has 0 unspecified atom stereocenters. The average Bonchev–Trinajstić information content (AvgIpc) is 3.53. The first-order chi connectivity index (χ1) is 18.9. The Morgan fingerprint density at radius 2 is 1.82 bits per heavy atom. The smallest absolute Gasteiger partial charge is 0.397 e. The lowest BCUT2D eigenvalue weighted by Crippen LogP contribution is -2.27. The van der Waals surface area contributed by atoms with Gasteiger partial charge in [0.15, 0.2) is 0 Å². The van der Waals surface area contributed by atoms with Crippen LogP contribution in [0.25, 0.3) is 5.70 Å². The number of rotatable bonds is 9. The molecule has 9 nitrogen and oxygen atoms in total. The molecule has 0 atom stereocenters. The maximum absolute atomic E-state index is 13.6. The summed E-state index contributed by atoms with van der Waals surface area (Å²) in [5.74, 6) is 5.70. The quantitative estimate of drug-likeness (QED) is 0.227. The third kappa shape index (κ3) is 6.93. The Hall–Kier alpha value is -4.03. The minimum Gasteiger partial charge on any atom is -0.397 e. The molecule has 0 saturated carbocycles. The number of benzene rings is 2. The number of nitrogens with one attached hydrogen (secondary N) is 2. The van der Waals surface area contributed by atoms with E-state index in [0.717, 1.165) is 61.4 Å². The number of nitrogens with two attached hydrogens (primary N) is 2. The summed E-state index contributed by atoms with van der Waals surface area (Å²) in [6.45, 7) is 6.92. The van der Waals surface area contributed by atoms with Gasteiger partial charge in [-0.15, -0.1) is 0 Å². The average molecular weight is 557 g/mol. The molecule has 3 aromatic rings. The molecule has 2 aromatic carbocycles. The van der Waals surface area contributed by atoms with Crippen molar-refractivity contribution in [2.75, 3.05) is 41.8 Å². The first-order valence-corrected chi connectivity index (χ1v) is 13.0. The molecule has 6 N–H and O–H groups in total. The van der Waals surface area contributed by atoms with E-state index in [9.17, 15) is 18.0 Å². The van der Waals surface area contributed by atoms with Crippen molar-refractivity contribution in [1.82, 2.24) is 14.7 Å². The van der Waals surface area contributed by atoms with E-state index < -0.39 is 17.6 Å². The summed E-state index contributed by atoms with van der Waals surface area (Å²) in [5, 5.41) is 11.2. The molecule has 0 aliphatic carbocycles. The summed E-state index contributed by atoms with van der Waals surface area (Å²) in [6.07, 6.45) is 0.867. The van der Waals surface area contributed by atoms with Crippen LogP contribution in [0.15, 0.2) is 48.8 Å². The van der Waals surface area contributed by atoms with Gasteiger partial charge in [0.05, 0.1) is 23.1 Å². The number of aromatic nitrogens is 2. The molecule has 1 fully saturated rings. The van der Waals surface area contributed by atoms with Gasteiger partial charge in [-0.25, -0.2) is 5.84 Å². The summed E-state index contributed by atoms with van der Waals surface area (Å²) in [4.78, 5) is 15.4. The Morgan fingerprint density at radius 1 is 1.12 bits per heavy atom. The third-order valence-corrected chi connectivity index (χ3v) is 7.05. The highest BCUT2D eigenvalue weighted by molar-refractivity contribution is 6.05. The summed E-state index contributed by atoms with van der Waals surface area (Å²) in [6, 6.07) is 8.34. The number of alkyl halides is 3. The van der Waals surface area contributed by atoms with Crippen LogP contribution in [0.5, 0.6) is 0 Å². The van der Waals surface area contributed by atoms with Crippen molar-refractivity contribution < 1.29 is 18.0 Å². The van der Waals surface area contributed by atoms with Crippen molar-refractivity contribution in [1.29, 1.82) is 0 Å². The highest BCUT2D eigenvalue weighted by Crippen LogP contribution is 2.34. The molecule has 1 aliphatic rings. The fourth-order valence-corrected chi connectivity index (χ4v) is 4.63. The van der Waals surface area contributed by atoms with Crippen molar-refractivity contribution in [2.45, 2.75) is 32.9 Å². The van der Waals surface area contributed by atoms with Crippen LogP contribution in [0, 0.1) is 13.8 Å². The highest BCUT2D eigenvalue weighted by atomic mass is 19.4. The minimum absolute atomic E-state index is 0.0337. The normalized spacial score (nSPS) is 14.4. The Morgan fingerprint density at radius 3 is 2.48 bits per heavy atom. The first-order valence-electron chi connectivity index (χ1n) is 13.0. The van der Waals surface area contributed by atoms with Crippen molar-refractivity contribution in [3.8, 4) is 0 Å². The molecule has 0 bridgehead atoms. The second-order valence-corrected chi connectivity index (χ2v) is 9.99. The van der Waals surface area contributed by atoms with Crippen LogP contribution >= 0.6 is 0 Å². The van der Waals surface area contributed by atoms with Gasteiger partial charge in [-0.2, -0.15) is 18.3 Å². The van der Waals surface area contributed by atoms with Gasteiger partial charge in [0.1, 0.15) is 0 Å². The van der Waals surface area contributed by atoms with Gasteiger partial charge in [0, 0.05) is 54.5 Å². The molecule has 2 heterocycles. The monoisotopic (exact) mass is 556 g/mol. The van der Waals surface area contributed by atoms with Crippen LogP contribution in [0.3, 0.4) is 0 Å². The first kappa shape index (κ1) is 29.0. The van der Waals surface area contributed by atoms with Gasteiger partial charge in [0.25, 0.3) is 5.91 Å². The predicted octanol–water partition coefficient (Wildman–Crippen LogP) is 4.45. The van der Waals surface area contributed by atoms with Crippen LogP contribution < -0.4 is 27.2 Å². The second-order valence-electron chi connectivity index (χ2n) is 9.99. The topological polar surface area (TPSA) is 117 Å². The second kappa shape index (κ2) is 12.0. The molecule has 0 radical (unpaired) electrons. The van der Waals surface area contributed by atoms with Crippen LogP contribution in [0.4, 0.5) is 30.2 Å². The van der Waals surface area contributed by atoms with Gasteiger partial charge < -0.3 is 21.3 Å². The number of halogens is 3. The van der Waals surface area contributed by atoms with Crippen LogP contribution in [0.1, 0.15) is 45.6 Å². The molecular weight excluding hydrogens is 521 g/mol. The largest absolute Gasteiger partial charge is 0.416 e. The molecule has 4 rings (SSSR count). The summed E-state index contributed by atoms with van der Waals surface area (Å²) >= 11 is 0. The number of anilines is 3. The SMILES string of the molecule is Cc1ccc(C(=O)Nc2cc(NCCN3CCCC3)cc(C(F)(F)F)c2)cc1N(N)/C=C(\N)c1cnn(C)c1C. The van der Waals surface area contributed by atoms with Crippen molar-refractivity contribution in [2.24, 2.45) is 18.6 Å². The van der Waals surface area contributed by atoms with Crippen molar-refractivity contribution in [3.63, 3.8) is 0 Å². The Bertz CT molecular complexity index is 1390. The van der Waals surface area contributed by atoms with E-state index in [-0.39, 0.29) is 16.9 Å². The molecule has 1 aliphatic heterocycles. The molecule has 1 saturated heterocycles. The summed E-state index contributed by atoms with van der Waals surface area (Å²) in [7, 11) is 1.80. The van der Waals surface area contributed by atoms with Crippen molar-refractivity contribution in [3.05, 3.63) is 76.7 Å². The fraction of sp³-hybridized carbons (Fsp3) is 0.357. The molecule has 214 valence electrons. The molecule has 1 aromatic heterocycles. The molecule has 12 heteroatoms. The fourth-order valence-electron chi connectivity index (χ4n) is 4.63. The number of carbonyl (C=O) groups excluding carboxylic acids is 1. The van der Waals surface area contributed by atoms with Gasteiger partial charge >= 0.3 is 6.18 Å². The van der Waals surface area contributed by atoms with E-state index in [2.05, 4.69) is 20.6 Å². The lowest BCUT2D eigenvalue weighted by molar-refractivity contribution is -0.137.